The highest BCUT2D eigenvalue weighted by molar-refractivity contribution is 5.89. The molecule has 2 fully saturated rings. The summed E-state index contributed by atoms with van der Waals surface area (Å²) in [4.78, 5) is 50.8. The van der Waals surface area contributed by atoms with Crippen LogP contribution >= 0.6 is 0 Å². The number of hydrogen-bond donors (Lipinski definition) is 8. The molecular weight excluding hydrogens is 794 g/mol. The van der Waals surface area contributed by atoms with Crippen molar-refractivity contribution in [3.63, 3.8) is 0 Å². The van der Waals surface area contributed by atoms with E-state index in [1.807, 2.05) is 13.8 Å². The predicted octanol–water partition coefficient (Wildman–Crippen LogP) is 2.40. The van der Waals surface area contributed by atoms with Crippen molar-refractivity contribution >= 4 is 23.5 Å². The summed E-state index contributed by atoms with van der Waals surface area (Å²) >= 11 is 0. The number of aliphatic hydroxyl groups excluding tert-OH is 5. The molecule has 356 valence electrons. The van der Waals surface area contributed by atoms with Crippen LogP contribution in [0.4, 0.5) is 0 Å². The molecule has 61 heavy (non-hydrogen) atoms. The fourth-order valence-electron chi connectivity index (χ4n) is 7.57. The van der Waals surface area contributed by atoms with Crippen LogP contribution < -0.4 is 16.0 Å². The molecule has 2 aliphatic heterocycles. The number of rotatable bonds is 34. The second-order valence-electron chi connectivity index (χ2n) is 16.9. The summed E-state index contributed by atoms with van der Waals surface area (Å²) in [6, 6.07) is -0.613. The van der Waals surface area contributed by atoms with Gasteiger partial charge in [0.15, 0.2) is 18.4 Å². The normalized spacial score (nSPS) is 27.0. The van der Waals surface area contributed by atoms with Crippen LogP contribution in [0.3, 0.4) is 0 Å². The zero-order valence-electron chi connectivity index (χ0n) is 37.4. The average molecular weight is 876 g/mol. The zero-order chi connectivity index (χ0) is 45.0. The molecule has 17 nitrogen and oxygen atoms in total. The second-order valence-corrected chi connectivity index (χ2v) is 16.9. The summed E-state index contributed by atoms with van der Waals surface area (Å²) < 4.78 is 28.0. The van der Waals surface area contributed by atoms with Crippen LogP contribution in [0.15, 0.2) is 0 Å². The van der Waals surface area contributed by atoms with Crippen LogP contribution in [0.25, 0.3) is 0 Å². The number of Topliss-reactive ketones (excluding diaryl/α,β-unsaturated/α-hetero) is 1. The minimum absolute atomic E-state index is 0.0146. The molecule has 2 heterocycles. The van der Waals surface area contributed by atoms with Gasteiger partial charge in [0.1, 0.15) is 18.3 Å². The number of methoxy groups -OCH3 is 1. The number of carbonyl (C=O) groups excluding carboxylic acids is 4. The fourth-order valence-corrected chi connectivity index (χ4v) is 7.57. The Bertz CT molecular complexity index is 1210. The van der Waals surface area contributed by atoms with Gasteiger partial charge in [-0.1, -0.05) is 46.5 Å². The zero-order valence-corrected chi connectivity index (χ0v) is 37.4. The van der Waals surface area contributed by atoms with Gasteiger partial charge in [-0.3, -0.25) is 19.2 Å². The summed E-state index contributed by atoms with van der Waals surface area (Å²) in [5, 5.41) is 58.2. The molecule has 10 unspecified atom stereocenters. The van der Waals surface area contributed by atoms with Crippen molar-refractivity contribution in [3.05, 3.63) is 0 Å². The molecule has 2 rings (SSSR count). The van der Waals surface area contributed by atoms with E-state index in [-0.39, 0.29) is 48.4 Å². The van der Waals surface area contributed by atoms with E-state index in [0.29, 0.717) is 104 Å². The molecule has 0 radical (unpaired) electrons. The van der Waals surface area contributed by atoms with E-state index in [4.69, 9.17) is 23.7 Å². The SMILES string of the molecule is COCCCNC(=O)CCCCCCC(=O)[C@H](CCCCNC(=O)CCCCCOC1OC(CO)C(O)C(O)C1C)NC(=O)CCCCCOC1OC(CO)C(O)C(C)C1C. The summed E-state index contributed by atoms with van der Waals surface area (Å²) in [6.07, 6.45) is 5.36. The smallest absolute Gasteiger partial charge is 0.220 e. The maximum Gasteiger partial charge on any atom is 0.220 e. The van der Waals surface area contributed by atoms with E-state index in [2.05, 4.69) is 16.0 Å². The lowest BCUT2D eigenvalue weighted by Gasteiger charge is -2.41. The number of aliphatic hydroxyl groups is 5. The molecule has 0 spiro atoms. The first-order chi connectivity index (χ1) is 29.3. The van der Waals surface area contributed by atoms with Crippen molar-refractivity contribution in [2.45, 2.75) is 185 Å². The Morgan fingerprint density at radius 2 is 1.03 bits per heavy atom. The standard InChI is InChI=1S/C44H81N3O14/c1-30-31(2)43(60-35(28-48)40(30)54)58-26-16-8-12-22-39(53)47-33(34(50)19-9-5-6-10-20-38(52)46-24-17-25-57-4)18-13-14-23-45-37(51)21-11-7-15-27-59-44-32(3)41(55)42(56)36(29-49)61-44/h30-33,35-36,40-44,48-49,54-56H,5-29H2,1-4H3,(H,45,51)(H,46,52)(H,47,53)/t30?,31?,32?,33-,35?,36?,40?,41?,42?,43?,44?/m0/s1. The third kappa shape index (κ3) is 21.7. The summed E-state index contributed by atoms with van der Waals surface area (Å²) in [7, 11) is 1.63. The molecule has 0 aromatic rings. The summed E-state index contributed by atoms with van der Waals surface area (Å²) in [6.45, 7) is 7.31. The summed E-state index contributed by atoms with van der Waals surface area (Å²) in [5.74, 6) is -0.813. The van der Waals surface area contributed by atoms with Crippen LogP contribution in [0, 0.1) is 17.8 Å². The van der Waals surface area contributed by atoms with Crippen molar-refractivity contribution in [1.82, 2.24) is 16.0 Å². The van der Waals surface area contributed by atoms with Crippen molar-refractivity contribution in [2.24, 2.45) is 17.8 Å². The molecule has 0 aliphatic carbocycles. The van der Waals surface area contributed by atoms with E-state index < -0.39 is 61.7 Å². The highest BCUT2D eigenvalue weighted by atomic mass is 16.7. The monoisotopic (exact) mass is 876 g/mol. The number of unbranched alkanes of at least 4 members (excludes halogenated alkanes) is 8. The molecular formula is C44H81N3O14. The van der Waals surface area contributed by atoms with Gasteiger partial charge in [0.25, 0.3) is 0 Å². The van der Waals surface area contributed by atoms with Crippen LogP contribution in [0.5, 0.6) is 0 Å². The van der Waals surface area contributed by atoms with Gasteiger partial charge in [0.2, 0.25) is 17.7 Å². The van der Waals surface area contributed by atoms with Crippen LogP contribution in [-0.2, 0) is 42.9 Å². The average Bonchev–Trinajstić information content (AvgIpc) is 3.25. The van der Waals surface area contributed by atoms with E-state index in [1.165, 1.54) is 0 Å². The highest BCUT2D eigenvalue weighted by Crippen LogP contribution is 2.31. The van der Waals surface area contributed by atoms with Gasteiger partial charge in [-0.15, -0.1) is 0 Å². The third-order valence-corrected chi connectivity index (χ3v) is 11.9. The van der Waals surface area contributed by atoms with Crippen molar-refractivity contribution in [1.29, 1.82) is 0 Å². The number of ether oxygens (including phenoxy) is 5. The Labute approximate surface area is 363 Å². The van der Waals surface area contributed by atoms with Gasteiger partial charge in [0, 0.05) is 77.5 Å². The quantitative estimate of drug-likeness (QED) is 0.0433. The maximum absolute atomic E-state index is 13.3. The molecule has 11 atom stereocenters. The van der Waals surface area contributed by atoms with Gasteiger partial charge >= 0.3 is 0 Å². The number of amides is 3. The number of hydrogen-bond acceptors (Lipinski definition) is 14. The molecule has 0 aromatic carbocycles. The van der Waals surface area contributed by atoms with Gasteiger partial charge in [0.05, 0.1) is 31.5 Å². The molecule has 0 saturated carbocycles. The molecule has 2 saturated heterocycles. The van der Waals surface area contributed by atoms with Crippen molar-refractivity contribution in [2.75, 3.05) is 53.2 Å². The van der Waals surface area contributed by atoms with Gasteiger partial charge in [-0.25, -0.2) is 0 Å². The Hall–Kier alpha value is -2.32. The number of carbonyl (C=O) groups is 4. The Kier molecular flexibility index (Phi) is 29.1. The van der Waals surface area contributed by atoms with Gasteiger partial charge < -0.3 is 65.2 Å². The van der Waals surface area contributed by atoms with Crippen LogP contribution in [0.1, 0.15) is 136 Å². The van der Waals surface area contributed by atoms with Gasteiger partial charge in [-0.05, 0) is 70.1 Å². The first-order valence-electron chi connectivity index (χ1n) is 23.0. The van der Waals surface area contributed by atoms with Gasteiger partial charge in [-0.2, -0.15) is 0 Å². The summed E-state index contributed by atoms with van der Waals surface area (Å²) in [5.41, 5.74) is 0. The molecule has 8 N–H and O–H groups in total. The lowest BCUT2D eigenvalue weighted by molar-refractivity contribution is -0.282. The highest BCUT2D eigenvalue weighted by Gasteiger charge is 2.43. The van der Waals surface area contributed by atoms with E-state index in [9.17, 15) is 44.7 Å². The lowest BCUT2D eigenvalue weighted by atomic mass is 9.85. The Morgan fingerprint density at radius 3 is 1.59 bits per heavy atom. The molecule has 2 aliphatic rings. The Morgan fingerprint density at radius 1 is 0.541 bits per heavy atom. The second kappa shape index (κ2) is 32.4. The number of ketones is 1. The largest absolute Gasteiger partial charge is 0.394 e. The maximum atomic E-state index is 13.3. The minimum Gasteiger partial charge on any atom is -0.394 e. The van der Waals surface area contributed by atoms with Crippen molar-refractivity contribution < 1.29 is 68.4 Å². The fraction of sp³-hybridized carbons (Fsp3) is 0.909. The number of nitrogens with one attached hydrogen (secondary N) is 3. The first kappa shape index (κ1) is 54.8. The predicted molar refractivity (Wildman–Crippen MR) is 227 cm³/mol. The van der Waals surface area contributed by atoms with Crippen molar-refractivity contribution in [3.8, 4) is 0 Å². The topological polar surface area (TPSA) is 252 Å². The van der Waals surface area contributed by atoms with Crippen LogP contribution in [0.2, 0.25) is 0 Å². The molecule has 0 aromatic heterocycles. The van der Waals surface area contributed by atoms with Crippen LogP contribution in [-0.4, -0.2) is 151 Å². The lowest BCUT2D eigenvalue weighted by Crippen LogP contribution is -2.55. The van der Waals surface area contributed by atoms with E-state index >= 15 is 0 Å². The first-order valence-corrected chi connectivity index (χ1v) is 23.0. The van der Waals surface area contributed by atoms with E-state index in [1.54, 1.807) is 14.0 Å². The molecule has 0 bridgehead atoms. The Balaban J connectivity index is 1.69. The minimum atomic E-state index is -1.17. The molecule has 17 heteroatoms. The molecule has 3 amide bonds. The third-order valence-electron chi connectivity index (χ3n) is 11.9. The van der Waals surface area contributed by atoms with E-state index in [0.717, 1.165) is 38.5 Å².